The highest BCUT2D eigenvalue weighted by atomic mass is 19.1. The van der Waals surface area contributed by atoms with Crippen molar-refractivity contribution in [2.75, 3.05) is 7.11 Å². The van der Waals surface area contributed by atoms with Crippen molar-refractivity contribution < 1.29 is 18.3 Å². The van der Waals surface area contributed by atoms with E-state index in [4.69, 9.17) is 9.15 Å². The molecule has 7 heteroatoms. The second-order valence-corrected chi connectivity index (χ2v) is 8.84. The molecule has 0 bridgehead atoms. The maximum atomic E-state index is 13.6. The maximum absolute atomic E-state index is 13.6. The number of benzene rings is 2. The molecule has 180 valence electrons. The third-order valence-corrected chi connectivity index (χ3v) is 6.55. The van der Waals surface area contributed by atoms with Crippen LogP contribution >= 0.6 is 0 Å². The molecule has 1 saturated carbocycles. The van der Waals surface area contributed by atoms with Gasteiger partial charge in [0, 0.05) is 18.2 Å². The minimum absolute atomic E-state index is 0.231. The summed E-state index contributed by atoms with van der Waals surface area (Å²) in [4.78, 5) is 17.5. The van der Waals surface area contributed by atoms with E-state index in [0.717, 1.165) is 41.1 Å². The van der Waals surface area contributed by atoms with Crippen molar-refractivity contribution in [2.45, 2.75) is 44.7 Å². The molecule has 0 atom stereocenters. The van der Waals surface area contributed by atoms with Gasteiger partial charge in [-0.15, -0.1) is 0 Å². The molecule has 0 radical (unpaired) electrons. The Kier molecular flexibility index (Phi) is 6.66. The average molecular weight is 474 g/mol. The lowest BCUT2D eigenvalue weighted by Crippen LogP contribution is -2.22. The molecule has 4 aromatic rings. The SMILES string of the molecule is COc1ccc(CNC(=O)c2ccc(-c3c(-c4ccc(F)cc4)ncn3C3CCCCC3)o2)cc1. The number of amides is 1. The van der Waals surface area contributed by atoms with Crippen LogP contribution in [0.1, 0.15) is 54.3 Å². The van der Waals surface area contributed by atoms with Crippen LogP contribution < -0.4 is 10.1 Å². The van der Waals surface area contributed by atoms with Gasteiger partial charge in [0.15, 0.2) is 11.5 Å². The summed E-state index contributed by atoms with van der Waals surface area (Å²) >= 11 is 0. The van der Waals surface area contributed by atoms with Crippen LogP contribution in [0, 0.1) is 5.82 Å². The zero-order valence-corrected chi connectivity index (χ0v) is 19.7. The number of methoxy groups -OCH3 is 1. The van der Waals surface area contributed by atoms with Crippen LogP contribution in [0.4, 0.5) is 4.39 Å². The predicted molar refractivity (Wildman–Crippen MR) is 132 cm³/mol. The highest BCUT2D eigenvalue weighted by molar-refractivity contribution is 5.92. The molecule has 6 nitrogen and oxygen atoms in total. The molecule has 2 aromatic carbocycles. The molecule has 35 heavy (non-hydrogen) atoms. The number of furan rings is 1. The highest BCUT2D eigenvalue weighted by Crippen LogP contribution is 2.38. The van der Waals surface area contributed by atoms with Crippen molar-refractivity contribution in [3.63, 3.8) is 0 Å². The van der Waals surface area contributed by atoms with Crippen LogP contribution in [-0.4, -0.2) is 22.6 Å². The van der Waals surface area contributed by atoms with Gasteiger partial charge in [0.25, 0.3) is 5.91 Å². The summed E-state index contributed by atoms with van der Waals surface area (Å²) in [5.74, 6) is 0.981. The number of aromatic nitrogens is 2. The molecular weight excluding hydrogens is 445 g/mol. The fourth-order valence-electron chi connectivity index (χ4n) is 4.66. The van der Waals surface area contributed by atoms with E-state index < -0.39 is 0 Å². The fourth-order valence-corrected chi connectivity index (χ4v) is 4.66. The van der Waals surface area contributed by atoms with Crippen LogP contribution in [0.5, 0.6) is 5.75 Å². The van der Waals surface area contributed by atoms with Crippen LogP contribution in [0.25, 0.3) is 22.7 Å². The van der Waals surface area contributed by atoms with E-state index in [1.165, 1.54) is 31.4 Å². The van der Waals surface area contributed by atoms with E-state index in [0.29, 0.717) is 18.3 Å². The lowest BCUT2D eigenvalue weighted by molar-refractivity contribution is 0.0924. The summed E-state index contributed by atoms with van der Waals surface area (Å²) in [6.07, 6.45) is 7.57. The normalized spacial score (nSPS) is 14.1. The Labute approximate surface area is 203 Å². The molecule has 1 N–H and O–H groups in total. The van der Waals surface area contributed by atoms with Gasteiger partial charge in [-0.05, 0) is 66.9 Å². The molecule has 2 heterocycles. The van der Waals surface area contributed by atoms with Gasteiger partial charge >= 0.3 is 0 Å². The second kappa shape index (κ2) is 10.2. The highest BCUT2D eigenvalue weighted by Gasteiger charge is 2.25. The monoisotopic (exact) mass is 473 g/mol. The Hall–Kier alpha value is -3.87. The zero-order chi connectivity index (χ0) is 24.2. The summed E-state index contributed by atoms with van der Waals surface area (Å²) in [6.45, 7) is 0.375. The Bertz CT molecular complexity index is 1290. The summed E-state index contributed by atoms with van der Waals surface area (Å²) in [6, 6.07) is 17.6. The number of hydrogen-bond donors (Lipinski definition) is 1. The standard InChI is InChI=1S/C28H28FN3O3/c1-34-23-13-7-19(8-14-23)17-30-28(33)25-16-15-24(35-25)27-26(20-9-11-21(29)12-10-20)31-18-32(27)22-5-3-2-4-6-22/h7-16,18,22H,2-6,17H2,1H3,(H,30,33). The minimum atomic E-state index is -0.296. The summed E-state index contributed by atoms with van der Waals surface area (Å²) < 4.78 is 27.0. The molecule has 1 amide bonds. The summed E-state index contributed by atoms with van der Waals surface area (Å²) in [5.41, 5.74) is 3.30. The Morgan fingerprint density at radius 3 is 2.51 bits per heavy atom. The zero-order valence-electron chi connectivity index (χ0n) is 19.7. The van der Waals surface area contributed by atoms with Crippen LogP contribution in [-0.2, 0) is 6.54 Å². The van der Waals surface area contributed by atoms with Gasteiger partial charge in [0.05, 0.1) is 19.1 Å². The first kappa shape index (κ1) is 22.9. The van der Waals surface area contributed by atoms with Gasteiger partial charge in [-0.2, -0.15) is 0 Å². The first-order valence-corrected chi connectivity index (χ1v) is 12.0. The fraction of sp³-hybridized carbons (Fsp3) is 0.286. The number of rotatable bonds is 7. The van der Waals surface area contributed by atoms with Gasteiger partial charge in [0.2, 0.25) is 0 Å². The second-order valence-electron chi connectivity index (χ2n) is 8.84. The number of carbonyl (C=O) groups excluding carboxylic acids is 1. The molecule has 1 aliphatic rings. The molecule has 0 spiro atoms. The van der Waals surface area contributed by atoms with E-state index in [2.05, 4.69) is 14.9 Å². The van der Waals surface area contributed by atoms with E-state index in [1.807, 2.05) is 36.7 Å². The van der Waals surface area contributed by atoms with Crippen LogP contribution in [0.2, 0.25) is 0 Å². The van der Waals surface area contributed by atoms with Gasteiger partial charge < -0.3 is 19.0 Å². The lowest BCUT2D eigenvalue weighted by atomic mass is 9.95. The number of imidazole rings is 1. The number of nitrogens with one attached hydrogen (secondary N) is 1. The quantitative estimate of drug-likeness (QED) is 0.338. The number of ether oxygens (including phenoxy) is 1. The number of carbonyl (C=O) groups is 1. The molecule has 1 aliphatic carbocycles. The van der Waals surface area contributed by atoms with Crippen molar-refractivity contribution in [1.29, 1.82) is 0 Å². The van der Waals surface area contributed by atoms with Crippen LogP contribution in [0.3, 0.4) is 0 Å². The molecule has 0 unspecified atom stereocenters. The van der Waals surface area contributed by atoms with Crippen molar-refractivity contribution >= 4 is 5.91 Å². The largest absolute Gasteiger partial charge is 0.497 e. The van der Waals surface area contributed by atoms with Crippen molar-refractivity contribution in [3.8, 4) is 28.5 Å². The Balaban J connectivity index is 1.41. The molecule has 1 fully saturated rings. The number of nitrogens with zero attached hydrogens (tertiary/aromatic N) is 2. The maximum Gasteiger partial charge on any atom is 0.287 e. The van der Waals surface area contributed by atoms with Crippen molar-refractivity contribution in [1.82, 2.24) is 14.9 Å². The summed E-state index contributed by atoms with van der Waals surface area (Å²) in [7, 11) is 1.62. The summed E-state index contributed by atoms with van der Waals surface area (Å²) in [5, 5.41) is 2.90. The van der Waals surface area contributed by atoms with E-state index in [-0.39, 0.29) is 17.5 Å². The first-order chi connectivity index (χ1) is 17.1. The minimum Gasteiger partial charge on any atom is -0.497 e. The molecule has 0 saturated heterocycles. The Morgan fingerprint density at radius 2 is 1.80 bits per heavy atom. The third-order valence-electron chi connectivity index (χ3n) is 6.55. The molecule has 0 aliphatic heterocycles. The van der Waals surface area contributed by atoms with Gasteiger partial charge in [-0.25, -0.2) is 9.37 Å². The third kappa shape index (κ3) is 4.99. The van der Waals surface area contributed by atoms with Crippen molar-refractivity contribution in [2.24, 2.45) is 0 Å². The van der Waals surface area contributed by atoms with Crippen LogP contribution in [0.15, 0.2) is 71.4 Å². The topological polar surface area (TPSA) is 69.3 Å². The van der Waals surface area contributed by atoms with Gasteiger partial charge in [-0.1, -0.05) is 31.4 Å². The van der Waals surface area contributed by atoms with E-state index in [9.17, 15) is 9.18 Å². The Morgan fingerprint density at radius 1 is 1.06 bits per heavy atom. The van der Waals surface area contributed by atoms with Gasteiger partial charge in [-0.3, -0.25) is 4.79 Å². The van der Waals surface area contributed by atoms with E-state index in [1.54, 1.807) is 25.3 Å². The number of hydrogen-bond acceptors (Lipinski definition) is 4. The molecule has 5 rings (SSSR count). The number of halogens is 1. The first-order valence-electron chi connectivity index (χ1n) is 12.0. The van der Waals surface area contributed by atoms with Crippen molar-refractivity contribution in [3.05, 3.63) is 84.1 Å². The predicted octanol–water partition coefficient (Wildman–Crippen LogP) is 6.39. The molecule has 2 aromatic heterocycles. The van der Waals surface area contributed by atoms with E-state index >= 15 is 0 Å². The van der Waals surface area contributed by atoms with Gasteiger partial charge in [0.1, 0.15) is 17.3 Å². The molecular formula is C28H28FN3O3. The smallest absolute Gasteiger partial charge is 0.287 e. The average Bonchev–Trinajstić information content (AvgIpc) is 3.56. The lowest BCUT2D eigenvalue weighted by Gasteiger charge is -2.24.